The van der Waals surface area contributed by atoms with Gasteiger partial charge in [-0.2, -0.15) is 0 Å². The van der Waals surface area contributed by atoms with Gasteiger partial charge in [-0.1, -0.05) is 13.8 Å². The van der Waals surface area contributed by atoms with E-state index in [9.17, 15) is 0 Å². The molecule has 1 aliphatic rings. The average Bonchev–Trinajstić information content (AvgIpc) is 2.63. The zero-order chi connectivity index (χ0) is 10.8. The predicted molar refractivity (Wildman–Crippen MR) is 67.4 cm³/mol. The summed E-state index contributed by atoms with van der Waals surface area (Å²) in [5.41, 5.74) is 0. The molecule has 0 bridgehead atoms. The van der Waals surface area contributed by atoms with E-state index in [2.05, 4.69) is 38.2 Å². The van der Waals surface area contributed by atoms with E-state index in [0.717, 1.165) is 18.4 Å². The molecule has 1 aromatic rings. The molecule has 1 fully saturated rings. The van der Waals surface area contributed by atoms with E-state index in [1.165, 1.54) is 22.6 Å². The Balaban J connectivity index is 1.87. The monoisotopic (exact) mass is 223 g/mol. The van der Waals surface area contributed by atoms with E-state index in [0.29, 0.717) is 6.04 Å². The molecular formula is C13H21NS. The molecule has 0 radical (unpaired) electrons. The van der Waals surface area contributed by atoms with Gasteiger partial charge in [0.05, 0.1) is 0 Å². The van der Waals surface area contributed by atoms with Crippen LogP contribution in [0.3, 0.4) is 0 Å². The average molecular weight is 223 g/mol. The van der Waals surface area contributed by atoms with Gasteiger partial charge in [0, 0.05) is 21.8 Å². The zero-order valence-corrected chi connectivity index (χ0v) is 10.7. The third kappa shape index (κ3) is 2.61. The van der Waals surface area contributed by atoms with Crippen LogP contribution >= 0.6 is 11.3 Å². The van der Waals surface area contributed by atoms with Gasteiger partial charge in [0.15, 0.2) is 0 Å². The van der Waals surface area contributed by atoms with E-state index < -0.39 is 0 Å². The summed E-state index contributed by atoms with van der Waals surface area (Å²) < 4.78 is 0. The highest BCUT2D eigenvalue weighted by molar-refractivity contribution is 7.12. The van der Waals surface area contributed by atoms with Crippen molar-refractivity contribution in [3.63, 3.8) is 0 Å². The Hall–Kier alpha value is -0.340. The van der Waals surface area contributed by atoms with Crippen LogP contribution in [0.5, 0.6) is 0 Å². The Morgan fingerprint density at radius 2 is 2.20 bits per heavy atom. The van der Waals surface area contributed by atoms with Crippen LogP contribution in [0.1, 0.15) is 49.4 Å². The number of nitrogens with one attached hydrogen (secondary N) is 1. The van der Waals surface area contributed by atoms with Gasteiger partial charge in [-0.15, -0.1) is 11.3 Å². The van der Waals surface area contributed by atoms with Crippen molar-refractivity contribution >= 4 is 11.3 Å². The Morgan fingerprint density at radius 3 is 2.73 bits per heavy atom. The molecular weight excluding hydrogens is 202 g/mol. The van der Waals surface area contributed by atoms with Gasteiger partial charge in [0.1, 0.15) is 0 Å². The van der Waals surface area contributed by atoms with Gasteiger partial charge in [0.2, 0.25) is 0 Å². The molecule has 1 heterocycles. The molecule has 1 aromatic heterocycles. The van der Waals surface area contributed by atoms with Crippen LogP contribution < -0.4 is 5.32 Å². The molecule has 1 nitrogen and oxygen atoms in total. The lowest BCUT2D eigenvalue weighted by atomic mass is 9.81. The Bertz CT molecular complexity index is 312. The third-order valence-corrected chi connectivity index (χ3v) is 4.73. The van der Waals surface area contributed by atoms with Gasteiger partial charge in [-0.25, -0.2) is 0 Å². The molecule has 0 aliphatic heterocycles. The largest absolute Gasteiger partial charge is 0.307 e. The number of rotatable bonds is 4. The minimum absolute atomic E-state index is 0.535. The highest BCUT2D eigenvalue weighted by Gasteiger charge is 2.26. The van der Waals surface area contributed by atoms with E-state index in [-0.39, 0.29) is 0 Å². The number of thiophene rings is 1. The molecule has 1 aliphatic carbocycles. The van der Waals surface area contributed by atoms with Crippen molar-refractivity contribution in [2.75, 3.05) is 0 Å². The minimum Gasteiger partial charge on any atom is -0.307 e. The van der Waals surface area contributed by atoms with Crippen molar-refractivity contribution in [3.8, 4) is 0 Å². The lowest BCUT2D eigenvalue weighted by Crippen LogP contribution is -2.41. The van der Waals surface area contributed by atoms with Crippen LogP contribution in [0.15, 0.2) is 12.1 Å². The topological polar surface area (TPSA) is 12.0 Å². The second-order valence-electron chi connectivity index (χ2n) is 4.82. The summed E-state index contributed by atoms with van der Waals surface area (Å²) in [7, 11) is 0. The van der Waals surface area contributed by atoms with Crippen LogP contribution in [0.2, 0.25) is 0 Å². The summed E-state index contributed by atoms with van der Waals surface area (Å²) in [4.78, 5) is 2.99. The van der Waals surface area contributed by atoms with Crippen LogP contribution in [0.4, 0.5) is 0 Å². The first-order valence-corrected chi connectivity index (χ1v) is 6.85. The molecule has 0 amide bonds. The first kappa shape index (κ1) is 11.2. The maximum Gasteiger partial charge on any atom is 0.0388 e. The van der Waals surface area contributed by atoms with Crippen molar-refractivity contribution < 1.29 is 0 Å². The molecule has 84 valence electrons. The van der Waals surface area contributed by atoms with Crippen molar-refractivity contribution in [1.82, 2.24) is 5.32 Å². The molecule has 1 N–H and O–H groups in total. The summed E-state index contributed by atoms with van der Waals surface area (Å²) in [6, 6.07) is 5.85. The Labute approximate surface area is 96.9 Å². The summed E-state index contributed by atoms with van der Waals surface area (Å²) in [6.45, 7) is 6.85. The summed E-state index contributed by atoms with van der Waals surface area (Å²) in [5.74, 6) is 0.934. The van der Waals surface area contributed by atoms with Gasteiger partial charge >= 0.3 is 0 Å². The lowest BCUT2D eigenvalue weighted by Gasteiger charge is -2.35. The molecule has 0 spiro atoms. The van der Waals surface area contributed by atoms with E-state index in [1.54, 1.807) is 0 Å². The fourth-order valence-corrected chi connectivity index (χ4v) is 3.26. The van der Waals surface area contributed by atoms with Crippen LogP contribution in [-0.2, 0) is 6.42 Å². The Morgan fingerprint density at radius 1 is 1.47 bits per heavy atom. The zero-order valence-electron chi connectivity index (χ0n) is 9.92. The standard InChI is InChI=1S/C13H21NS/c1-4-12-5-6-13(15-12)10(3)14-11-7-9(2)8-11/h5-6,9-11,14H,4,7-8H2,1-3H3. The van der Waals surface area contributed by atoms with Crippen LogP contribution in [0, 0.1) is 5.92 Å². The fraction of sp³-hybridized carbons (Fsp3) is 0.692. The molecule has 2 rings (SSSR count). The molecule has 15 heavy (non-hydrogen) atoms. The molecule has 1 saturated carbocycles. The van der Waals surface area contributed by atoms with Crippen molar-refractivity contribution in [2.45, 2.75) is 52.1 Å². The summed E-state index contributed by atoms with van der Waals surface area (Å²) in [5, 5.41) is 3.71. The minimum atomic E-state index is 0.535. The van der Waals surface area contributed by atoms with Crippen LogP contribution in [0.25, 0.3) is 0 Å². The SMILES string of the molecule is CCc1ccc(C(C)NC2CC(C)C2)s1. The quantitative estimate of drug-likeness (QED) is 0.819. The normalized spacial score (nSPS) is 27.4. The maximum atomic E-state index is 3.71. The van der Waals surface area contributed by atoms with Gasteiger partial charge in [-0.05, 0) is 44.2 Å². The summed E-state index contributed by atoms with van der Waals surface area (Å²) >= 11 is 1.96. The second-order valence-corrected chi connectivity index (χ2v) is 6.02. The second kappa shape index (κ2) is 4.67. The third-order valence-electron chi connectivity index (χ3n) is 3.32. The number of aryl methyl sites for hydroxylation is 1. The van der Waals surface area contributed by atoms with E-state index >= 15 is 0 Å². The highest BCUT2D eigenvalue weighted by Crippen LogP contribution is 2.30. The smallest absolute Gasteiger partial charge is 0.0388 e. The molecule has 0 saturated heterocycles. The summed E-state index contributed by atoms with van der Waals surface area (Å²) in [6.07, 6.45) is 3.88. The predicted octanol–water partition coefficient (Wildman–Crippen LogP) is 3.76. The fourth-order valence-electron chi connectivity index (χ4n) is 2.29. The first-order chi connectivity index (χ1) is 7.19. The van der Waals surface area contributed by atoms with Crippen molar-refractivity contribution in [1.29, 1.82) is 0 Å². The van der Waals surface area contributed by atoms with Crippen molar-refractivity contribution in [2.24, 2.45) is 5.92 Å². The molecule has 1 unspecified atom stereocenters. The van der Waals surface area contributed by atoms with Gasteiger partial charge in [0.25, 0.3) is 0 Å². The van der Waals surface area contributed by atoms with Crippen LogP contribution in [-0.4, -0.2) is 6.04 Å². The number of hydrogen-bond donors (Lipinski definition) is 1. The first-order valence-electron chi connectivity index (χ1n) is 6.03. The highest BCUT2D eigenvalue weighted by atomic mass is 32.1. The molecule has 1 atom stereocenters. The number of hydrogen-bond acceptors (Lipinski definition) is 2. The maximum absolute atomic E-state index is 3.71. The Kier molecular flexibility index (Phi) is 3.47. The molecule has 2 heteroatoms. The van der Waals surface area contributed by atoms with E-state index in [4.69, 9.17) is 0 Å². The van der Waals surface area contributed by atoms with E-state index in [1.807, 2.05) is 11.3 Å². The molecule has 0 aromatic carbocycles. The van der Waals surface area contributed by atoms with Crippen molar-refractivity contribution in [3.05, 3.63) is 21.9 Å². The lowest BCUT2D eigenvalue weighted by molar-refractivity contribution is 0.227. The van der Waals surface area contributed by atoms with Gasteiger partial charge in [-0.3, -0.25) is 0 Å². The van der Waals surface area contributed by atoms with Gasteiger partial charge < -0.3 is 5.32 Å².